The lowest BCUT2D eigenvalue weighted by atomic mass is 10.0. The van der Waals surface area contributed by atoms with Crippen LogP contribution in [0.25, 0.3) is 0 Å². The van der Waals surface area contributed by atoms with Crippen LogP contribution in [0.5, 0.6) is 0 Å². The minimum Gasteiger partial charge on any atom is -0.475 e. The van der Waals surface area contributed by atoms with Crippen molar-refractivity contribution in [3.8, 4) is 0 Å². The zero-order valence-electron chi connectivity index (χ0n) is 17.7. The first kappa shape index (κ1) is 22.7. The average molecular weight is 386 g/mol. The normalized spacial score (nSPS) is 17.6. The van der Waals surface area contributed by atoms with Gasteiger partial charge in [0.25, 0.3) is 0 Å². The Hall–Kier alpha value is -1.61. The number of unbranched alkanes of at least 4 members (excludes halogenated alkanes) is 11. The fraction of sp³-hybridized carbons (Fsp3) is 0.640. The van der Waals surface area contributed by atoms with E-state index < -0.39 is 6.10 Å². The molecule has 3 heteroatoms. The van der Waals surface area contributed by atoms with E-state index in [4.69, 9.17) is 4.74 Å². The van der Waals surface area contributed by atoms with Gasteiger partial charge in [-0.2, -0.15) is 0 Å². The van der Waals surface area contributed by atoms with Crippen molar-refractivity contribution in [2.75, 3.05) is 6.61 Å². The Morgan fingerprint density at radius 2 is 1.57 bits per heavy atom. The molecule has 0 bridgehead atoms. The summed E-state index contributed by atoms with van der Waals surface area (Å²) in [5.41, 5.74) is 0.974. The minimum atomic E-state index is -0.561. The molecule has 1 aliphatic heterocycles. The predicted octanol–water partition coefficient (Wildman–Crippen LogP) is 6.45. The number of ether oxygens (including phenoxy) is 1. The van der Waals surface area contributed by atoms with Gasteiger partial charge in [0, 0.05) is 5.56 Å². The molecule has 0 saturated carbocycles. The second-order valence-corrected chi connectivity index (χ2v) is 7.92. The van der Waals surface area contributed by atoms with Crippen LogP contribution in [0.1, 0.15) is 89.5 Å². The molecule has 0 aliphatic carbocycles. The summed E-state index contributed by atoms with van der Waals surface area (Å²) < 4.78 is 5.65. The largest absolute Gasteiger partial charge is 0.475 e. The lowest BCUT2D eigenvalue weighted by Crippen LogP contribution is -2.23. The number of benzene rings is 1. The average Bonchev–Trinajstić information content (AvgIpc) is 3.22. The predicted molar refractivity (Wildman–Crippen MR) is 119 cm³/mol. The molecule has 1 aromatic rings. The summed E-state index contributed by atoms with van der Waals surface area (Å²) in [7, 11) is 0. The molecule has 1 aromatic carbocycles. The van der Waals surface area contributed by atoms with Gasteiger partial charge in [-0.3, -0.25) is 0 Å². The Labute approximate surface area is 171 Å². The van der Waals surface area contributed by atoms with Crippen LogP contribution >= 0.6 is 0 Å². The lowest BCUT2D eigenvalue weighted by Gasteiger charge is -2.08. The molecule has 0 saturated heterocycles. The Bertz CT molecular complexity index is 567. The maximum absolute atomic E-state index is 10.3. The minimum absolute atomic E-state index is 0.191. The highest BCUT2D eigenvalue weighted by Crippen LogP contribution is 2.16. The number of hydrogen-bond donors (Lipinski definition) is 1. The highest BCUT2D eigenvalue weighted by atomic mass is 16.5. The molecular formula is C25H39NO2. The van der Waals surface area contributed by atoms with Gasteiger partial charge in [0.15, 0.2) is 0 Å². The topological polar surface area (TPSA) is 41.8 Å². The second kappa shape index (κ2) is 14.4. The van der Waals surface area contributed by atoms with Crippen molar-refractivity contribution < 1.29 is 9.84 Å². The molecule has 2 atom stereocenters. The summed E-state index contributed by atoms with van der Waals surface area (Å²) in [5, 5.41) is 10.3. The summed E-state index contributed by atoms with van der Waals surface area (Å²) in [5.74, 6) is 0.642. The number of nitrogens with zero attached hydrogens (tertiary/aromatic N) is 1. The second-order valence-electron chi connectivity index (χ2n) is 7.92. The van der Waals surface area contributed by atoms with Crippen molar-refractivity contribution in [2.45, 2.75) is 96.1 Å². The first-order chi connectivity index (χ1) is 13.8. The van der Waals surface area contributed by atoms with Gasteiger partial charge in [0.1, 0.15) is 12.6 Å². The third-order valence-corrected chi connectivity index (χ3v) is 5.40. The summed E-state index contributed by atoms with van der Waals surface area (Å²) in [4.78, 5) is 4.53. The van der Waals surface area contributed by atoms with E-state index in [-0.39, 0.29) is 6.04 Å². The third-order valence-electron chi connectivity index (χ3n) is 5.40. The van der Waals surface area contributed by atoms with Crippen molar-refractivity contribution in [3.05, 3.63) is 48.0 Å². The smallest absolute Gasteiger partial charge is 0.216 e. The van der Waals surface area contributed by atoms with Gasteiger partial charge in [0.2, 0.25) is 5.90 Å². The summed E-state index contributed by atoms with van der Waals surface area (Å²) in [6, 6.07) is 9.69. The number of aliphatic hydroxyl groups is 1. The summed E-state index contributed by atoms with van der Waals surface area (Å²) in [6.07, 6.45) is 19.5. The maximum Gasteiger partial charge on any atom is 0.216 e. The molecule has 1 unspecified atom stereocenters. The molecular weight excluding hydrogens is 346 g/mol. The van der Waals surface area contributed by atoms with E-state index >= 15 is 0 Å². The van der Waals surface area contributed by atoms with Crippen LogP contribution in [-0.2, 0) is 4.74 Å². The van der Waals surface area contributed by atoms with E-state index in [1.54, 1.807) is 0 Å². The number of aliphatic imine (C=N–C) groups is 1. The summed E-state index contributed by atoms with van der Waals surface area (Å²) in [6.45, 7) is 2.73. The molecule has 0 radical (unpaired) electrons. The first-order valence-electron chi connectivity index (χ1n) is 11.4. The summed E-state index contributed by atoms with van der Waals surface area (Å²) >= 11 is 0. The van der Waals surface area contributed by atoms with Crippen molar-refractivity contribution in [1.29, 1.82) is 0 Å². The Balaban J connectivity index is 1.49. The van der Waals surface area contributed by atoms with Crippen LogP contribution in [0.15, 0.2) is 47.5 Å². The van der Waals surface area contributed by atoms with E-state index in [0.29, 0.717) is 12.5 Å². The molecule has 1 heterocycles. The number of aliphatic hydroxyl groups excluding tert-OH is 1. The van der Waals surface area contributed by atoms with Crippen LogP contribution in [0.2, 0.25) is 0 Å². The number of allylic oxidation sites excluding steroid dienone is 1. The molecule has 0 aromatic heterocycles. The Morgan fingerprint density at radius 3 is 2.21 bits per heavy atom. The van der Waals surface area contributed by atoms with E-state index in [2.05, 4.69) is 18.0 Å². The van der Waals surface area contributed by atoms with Crippen LogP contribution in [0.4, 0.5) is 0 Å². The first-order valence-corrected chi connectivity index (χ1v) is 11.4. The van der Waals surface area contributed by atoms with Crippen LogP contribution in [-0.4, -0.2) is 29.8 Å². The van der Waals surface area contributed by atoms with Crippen molar-refractivity contribution >= 4 is 5.90 Å². The molecule has 2 rings (SSSR count). The molecule has 0 fully saturated rings. The van der Waals surface area contributed by atoms with E-state index in [9.17, 15) is 5.11 Å². The monoisotopic (exact) mass is 385 g/mol. The van der Waals surface area contributed by atoms with Gasteiger partial charge >= 0.3 is 0 Å². The van der Waals surface area contributed by atoms with E-state index in [1.165, 1.54) is 70.6 Å². The quantitative estimate of drug-likeness (QED) is 0.278. The molecule has 156 valence electrons. The number of hydrogen-bond acceptors (Lipinski definition) is 3. The fourth-order valence-electron chi connectivity index (χ4n) is 3.59. The molecule has 1 N–H and O–H groups in total. The van der Waals surface area contributed by atoms with Crippen LogP contribution in [0.3, 0.4) is 0 Å². The van der Waals surface area contributed by atoms with E-state index in [0.717, 1.165) is 12.0 Å². The van der Waals surface area contributed by atoms with Gasteiger partial charge < -0.3 is 9.84 Å². The molecule has 1 aliphatic rings. The molecule has 0 amide bonds. The van der Waals surface area contributed by atoms with Gasteiger partial charge in [-0.1, -0.05) is 101 Å². The van der Waals surface area contributed by atoms with Gasteiger partial charge in [-0.05, 0) is 25.0 Å². The Morgan fingerprint density at radius 1 is 0.964 bits per heavy atom. The molecule has 3 nitrogen and oxygen atoms in total. The van der Waals surface area contributed by atoms with Gasteiger partial charge in [-0.25, -0.2) is 4.99 Å². The number of rotatable bonds is 15. The molecule has 28 heavy (non-hydrogen) atoms. The van der Waals surface area contributed by atoms with Crippen LogP contribution in [0, 0.1) is 0 Å². The molecule has 0 spiro atoms. The van der Waals surface area contributed by atoms with Gasteiger partial charge in [0.05, 0.1) is 6.10 Å². The highest BCUT2D eigenvalue weighted by Gasteiger charge is 2.24. The third kappa shape index (κ3) is 9.05. The van der Waals surface area contributed by atoms with Crippen LogP contribution < -0.4 is 0 Å². The van der Waals surface area contributed by atoms with Crippen molar-refractivity contribution in [2.24, 2.45) is 4.99 Å². The van der Waals surface area contributed by atoms with Crippen molar-refractivity contribution in [1.82, 2.24) is 0 Å². The van der Waals surface area contributed by atoms with Crippen molar-refractivity contribution in [3.63, 3.8) is 0 Å². The zero-order chi connectivity index (χ0) is 19.9. The van der Waals surface area contributed by atoms with Gasteiger partial charge in [-0.15, -0.1) is 0 Å². The maximum atomic E-state index is 10.3. The SMILES string of the molecule is CCCCCCCCCCCCC/C=C/[C@@H](O)C1COC(c2ccccc2)=N1. The highest BCUT2D eigenvalue weighted by molar-refractivity contribution is 5.95. The van der Waals surface area contributed by atoms with E-state index in [1.807, 2.05) is 36.4 Å². The lowest BCUT2D eigenvalue weighted by molar-refractivity contribution is 0.168. The Kier molecular flexibility index (Phi) is 11.7. The zero-order valence-corrected chi connectivity index (χ0v) is 17.7. The fourth-order valence-corrected chi connectivity index (χ4v) is 3.59. The standard InChI is InChI=1S/C25H39NO2/c1-2-3-4-5-6-7-8-9-10-11-12-13-17-20-24(27)23-21-28-25(26-23)22-18-15-14-16-19-22/h14-20,23-24,27H,2-13,21H2,1H3/b20-17+/t23?,24-/m1/s1.